The molecule has 27 heavy (non-hydrogen) atoms. The highest BCUT2D eigenvalue weighted by Crippen LogP contribution is 2.18. The number of furan rings is 1. The molecule has 2 N–H and O–H groups in total. The van der Waals surface area contributed by atoms with Crippen LogP contribution < -0.4 is 10.0 Å². The van der Waals surface area contributed by atoms with Gasteiger partial charge in [-0.05, 0) is 61.0 Å². The molecule has 0 saturated carbocycles. The van der Waals surface area contributed by atoms with Gasteiger partial charge in [0.25, 0.3) is 5.91 Å². The first-order valence-electron chi connectivity index (χ1n) is 8.05. The van der Waals surface area contributed by atoms with Gasteiger partial charge < -0.3 is 9.73 Å². The summed E-state index contributed by atoms with van der Waals surface area (Å²) in [6, 6.07) is 12.9. The van der Waals surface area contributed by atoms with E-state index >= 15 is 0 Å². The zero-order chi connectivity index (χ0) is 19.4. The summed E-state index contributed by atoms with van der Waals surface area (Å²) in [5, 5.41) is 2.65. The Morgan fingerprint density at radius 3 is 2.63 bits per heavy atom. The van der Waals surface area contributed by atoms with E-state index in [0.717, 1.165) is 0 Å². The first-order valence-corrected chi connectivity index (χ1v) is 9.53. The number of nitrogens with one attached hydrogen (secondary N) is 2. The predicted molar refractivity (Wildman–Crippen MR) is 98.3 cm³/mol. The van der Waals surface area contributed by atoms with Gasteiger partial charge in [-0.1, -0.05) is 6.07 Å². The van der Waals surface area contributed by atoms with Gasteiger partial charge in [-0.3, -0.25) is 4.79 Å². The third-order valence-electron chi connectivity index (χ3n) is 3.86. The summed E-state index contributed by atoms with van der Waals surface area (Å²) in [6.45, 7) is 1.67. The van der Waals surface area contributed by atoms with Gasteiger partial charge in [-0.15, -0.1) is 0 Å². The van der Waals surface area contributed by atoms with Crippen molar-refractivity contribution < 1.29 is 22.0 Å². The second-order valence-electron chi connectivity index (χ2n) is 5.85. The Hall–Kier alpha value is -2.97. The van der Waals surface area contributed by atoms with Crippen LogP contribution >= 0.6 is 0 Å². The lowest BCUT2D eigenvalue weighted by Gasteiger charge is -2.10. The van der Waals surface area contributed by atoms with Gasteiger partial charge in [0.1, 0.15) is 11.6 Å². The van der Waals surface area contributed by atoms with Crippen LogP contribution in [0.2, 0.25) is 0 Å². The summed E-state index contributed by atoms with van der Waals surface area (Å²) >= 11 is 0. The fraction of sp³-hybridized carbons (Fsp3) is 0.105. The summed E-state index contributed by atoms with van der Waals surface area (Å²) in [6.07, 6.45) is 1.45. The minimum atomic E-state index is -3.82. The SMILES string of the molecule is Cc1cc(F)ccc1NC(=O)c1cccc(S(=O)(=O)NCc2ccco2)c1. The lowest BCUT2D eigenvalue weighted by atomic mass is 10.1. The number of amides is 1. The highest BCUT2D eigenvalue weighted by molar-refractivity contribution is 7.89. The van der Waals surface area contributed by atoms with Crippen molar-refractivity contribution in [3.63, 3.8) is 0 Å². The lowest BCUT2D eigenvalue weighted by molar-refractivity contribution is 0.102. The highest BCUT2D eigenvalue weighted by atomic mass is 32.2. The molecule has 0 saturated heterocycles. The van der Waals surface area contributed by atoms with E-state index in [4.69, 9.17) is 4.42 Å². The van der Waals surface area contributed by atoms with Crippen molar-refractivity contribution in [1.29, 1.82) is 0 Å². The Bertz CT molecular complexity index is 1060. The fourth-order valence-electron chi connectivity index (χ4n) is 2.43. The number of halogens is 1. The molecule has 1 aromatic heterocycles. The van der Waals surface area contributed by atoms with Crippen molar-refractivity contribution in [1.82, 2.24) is 4.72 Å². The monoisotopic (exact) mass is 388 g/mol. The van der Waals surface area contributed by atoms with E-state index in [0.29, 0.717) is 17.0 Å². The number of sulfonamides is 1. The molecular weight excluding hydrogens is 371 g/mol. The van der Waals surface area contributed by atoms with E-state index in [1.165, 1.54) is 48.7 Å². The van der Waals surface area contributed by atoms with E-state index in [9.17, 15) is 17.6 Å². The van der Waals surface area contributed by atoms with E-state index in [1.54, 1.807) is 19.1 Å². The summed E-state index contributed by atoms with van der Waals surface area (Å²) in [4.78, 5) is 12.4. The van der Waals surface area contributed by atoms with Crippen LogP contribution in [-0.2, 0) is 16.6 Å². The molecule has 0 fully saturated rings. The van der Waals surface area contributed by atoms with Crippen molar-refractivity contribution in [3.8, 4) is 0 Å². The largest absolute Gasteiger partial charge is 0.468 e. The molecule has 0 aliphatic rings. The van der Waals surface area contributed by atoms with Crippen LogP contribution in [0.5, 0.6) is 0 Å². The van der Waals surface area contributed by atoms with Crippen molar-refractivity contribution in [2.75, 3.05) is 5.32 Å². The van der Waals surface area contributed by atoms with Crippen LogP contribution in [0.15, 0.2) is 70.2 Å². The summed E-state index contributed by atoms with van der Waals surface area (Å²) in [7, 11) is -3.82. The minimum Gasteiger partial charge on any atom is -0.468 e. The summed E-state index contributed by atoms with van der Waals surface area (Å²) in [5.74, 6) is -0.423. The molecule has 3 rings (SSSR count). The Balaban J connectivity index is 1.76. The van der Waals surface area contributed by atoms with Crippen LogP contribution in [0.25, 0.3) is 0 Å². The molecular formula is C19H17FN2O4S. The Morgan fingerprint density at radius 1 is 1.11 bits per heavy atom. The fourth-order valence-corrected chi connectivity index (χ4v) is 3.47. The molecule has 0 spiro atoms. The first-order chi connectivity index (χ1) is 12.8. The normalized spacial score (nSPS) is 11.3. The molecule has 0 radical (unpaired) electrons. The molecule has 1 amide bonds. The Labute approximate surface area is 156 Å². The smallest absolute Gasteiger partial charge is 0.255 e. The van der Waals surface area contributed by atoms with Gasteiger partial charge in [-0.25, -0.2) is 17.5 Å². The second kappa shape index (κ2) is 7.73. The summed E-state index contributed by atoms with van der Waals surface area (Å²) < 4.78 is 45.5. The molecule has 0 aliphatic heterocycles. The van der Waals surface area contributed by atoms with Gasteiger partial charge in [0.05, 0.1) is 17.7 Å². The zero-order valence-electron chi connectivity index (χ0n) is 14.4. The molecule has 140 valence electrons. The van der Waals surface area contributed by atoms with E-state index in [1.807, 2.05) is 0 Å². The molecule has 8 heteroatoms. The van der Waals surface area contributed by atoms with Crippen molar-refractivity contribution in [3.05, 3.63) is 83.6 Å². The molecule has 0 bridgehead atoms. The minimum absolute atomic E-state index is 0.000527. The van der Waals surface area contributed by atoms with Gasteiger partial charge in [-0.2, -0.15) is 0 Å². The van der Waals surface area contributed by atoms with Gasteiger partial charge in [0.15, 0.2) is 0 Å². The number of anilines is 1. The van der Waals surface area contributed by atoms with Crippen LogP contribution in [0.4, 0.5) is 10.1 Å². The maximum Gasteiger partial charge on any atom is 0.255 e. The van der Waals surface area contributed by atoms with E-state index in [2.05, 4.69) is 10.0 Å². The average Bonchev–Trinajstić information content (AvgIpc) is 3.16. The van der Waals surface area contributed by atoms with Crippen molar-refractivity contribution in [2.45, 2.75) is 18.4 Å². The van der Waals surface area contributed by atoms with E-state index < -0.39 is 21.7 Å². The molecule has 0 atom stereocenters. The molecule has 0 unspecified atom stereocenters. The average molecular weight is 388 g/mol. The maximum absolute atomic E-state index is 13.2. The zero-order valence-corrected chi connectivity index (χ0v) is 15.2. The molecule has 3 aromatic rings. The Morgan fingerprint density at radius 2 is 1.93 bits per heavy atom. The Kier molecular flexibility index (Phi) is 5.38. The number of hydrogen-bond donors (Lipinski definition) is 2. The third-order valence-corrected chi connectivity index (χ3v) is 5.26. The number of carbonyl (C=O) groups is 1. The quantitative estimate of drug-likeness (QED) is 0.677. The lowest BCUT2D eigenvalue weighted by Crippen LogP contribution is -2.23. The first kappa shape index (κ1) is 18.8. The van der Waals surface area contributed by atoms with Gasteiger partial charge in [0.2, 0.25) is 10.0 Å². The molecule has 6 nitrogen and oxygen atoms in total. The van der Waals surface area contributed by atoms with Crippen LogP contribution in [0.3, 0.4) is 0 Å². The van der Waals surface area contributed by atoms with Crippen LogP contribution in [0, 0.1) is 12.7 Å². The number of benzene rings is 2. The van der Waals surface area contributed by atoms with Crippen molar-refractivity contribution in [2.24, 2.45) is 0 Å². The van der Waals surface area contributed by atoms with E-state index in [-0.39, 0.29) is 17.0 Å². The maximum atomic E-state index is 13.2. The van der Waals surface area contributed by atoms with Crippen LogP contribution in [-0.4, -0.2) is 14.3 Å². The number of rotatable bonds is 6. The standard InChI is InChI=1S/C19H17FN2O4S/c1-13-10-15(20)7-8-18(13)22-19(23)14-4-2-6-17(11-14)27(24,25)21-12-16-5-3-9-26-16/h2-11,21H,12H2,1H3,(H,22,23). The molecule has 0 aliphatic carbocycles. The number of hydrogen-bond acceptors (Lipinski definition) is 4. The third kappa shape index (κ3) is 4.60. The van der Waals surface area contributed by atoms with Crippen LogP contribution in [0.1, 0.15) is 21.7 Å². The molecule has 2 aromatic carbocycles. The molecule has 1 heterocycles. The summed E-state index contributed by atoms with van der Waals surface area (Å²) in [5.41, 5.74) is 1.18. The topological polar surface area (TPSA) is 88.4 Å². The van der Waals surface area contributed by atoms with Crippen molar-refractivity contribution >= 4 is 21.6 Å². The number of carbonyl (C=O) groups excluding carboxylic acids is 1. The predicted octanol–water partition coefficient (Wildman–Crippen LogP) is 3.46. The van der Waals surface area contributed by atoms with Gasteiger partial charge in [0, 0.05) is 11.3 Å². The highest BCUT2D eigenvalue weighted by Gasteiger charge is 2.17. The van der Waals surface area contributed by atoms with Gasteiger partial charge >= 0.3 is 0 Å². The number of aryl methyl sites for hydroxylation is 1. The second-order valence-corrected chi connectivity index (χ2v) is 7.61.